The largest absolute Gasteiger partial charge is 0.454 e. The van der Waals surface area contributed by atoms with E-state index >= 15 is 0 Å². The van der Waals surface area contributed by atoms with Gasteiger partial charge < -0.3 is 19.4 Å². The van der Waals surface area contributed by atoms with Gasteiger partial charge in [0.1, 0.15) is 11.6 Å². The predicted octanol–water partition coefficient (Wildman–Crippen LogP) is 5.50. The van der Waals surface area contributed by atoms with Gasteiger partial charge in [0.15, 0.2) is 11.5 Å². The van der Waals surface area contributed by atoms with Crippen molar-refractivity contribution in [1.29, 1.82) is 0 Å². The predicted molar refractivity (Wildman–Crippen MR) is 131 cm³/mol. The van der Waals surface area contributed by atoms with Crippen molar-refractivity contribution in [2.45, 2.75) is 32.2 Å². The summed E-state index contributed by atoms with van der Waals surface area (Å²) in [6, 6.07) is 19.7. The van der Waals surface area contributed by atoms with Crippen LogP contribution in [0.25, 0.3) is 16.9 Å². The quantitative estimate of drug-likeness (QED) is 0.392. The molecule has 0 saturated heterocycles. The second-order valence-electron chi connectivity index (χ2n) is 9.05. The normalized spacial score (nSPS) is 13.3. The molecule has 0 radical (unpaired) electrons. The van der Waals surface area contributed by atoms with Gasteiger partial charge in [0.25, 0.3) is 0 Å². The first-order valence-corrected chi connectivity index (χ1v) is 12.0. The molecule has 0 fully saturated rings. The van der Waals surface area contributed by atoms with Gasteiger partial charge in [-0.2, -0.15) is 0 Å². The highest BCUT2D eigenvalue weighted by molar-refractivity contribution is 5.77. The lowest BCUT2D eigenvalue weighted by Gasteiger charge is -2.21. The van der Waals surface area contributed by atoms with Gasteiger partial charge in [-0.1, -0.05) is 24.3 Å². The number of benzene rings is 3. The van der Waals surface area contributed by atoms with Gasteiger partial charge in [-0.15, -0.1) is 0 Å². The van der Waals surface area contributed by atoms with E-state index < -0.39 is 11.6 Å². The monoisotopic (exact) mass is 486 g/mol. The Labute approximate surface area is 207 Å². The summed E-state index contributed by atoms with van der Waals surface area (Å²) in [5.41, 5.74) is 6.92. The molecular weight excluding hydrogens is 462 g/mol. The number of aromatic nitrogens is 1. The van der Waals surface area contributed by atoms with E-state index in [1.807, 2.05) is 24.3 Å². The number of rotatable bonds is 6. The highest BCUT2D eigenvalue weighted by Crippen LogP contribution is 2.40. The number of hydrogen-bond acceptors (Lipinski definition) is 3. The average molecular weight is 487 g/mol. The lowest BCUT2D eigenvalue weighted by Crippen LogP contribution is -2.24. The molecule has 0 bridgehead atoms. The molecule has 6 rings (SSSR count). The molecule has 2 aliphatic rings. The van der Waals surface area contributed by atoms with Crippen molar-refractivity contribution in [3.05, 3.63) is 101 Å². The molecule has 3 aromatic carbocycles. The minimum absolute atomic E-state index is 0.0600. The second kappa shape index (κ2) is 9.15. The highest BCUT2D eigenvalue weighted by atomic mass is 19.1. The molecule has 36 heavy (non-hydrogen) atoms. The van der Waals surface area contributed by atoms with Gasteiger partial charge in [0.05, 0.1) is 5.69 Å². The molecule has 182 valence electrons. The zero-order valence-corrected chi connectivity index (χ0v) is 19.5. The van der Waals surface area contributed by atoms with E-state index in [0.717, 1.165) is 48.1 Å². The molecule has 4 aromatic rings. The molecule has 7 heteroatoms. The van der Waals surface area contributed by atoms with Crippen molar-refractivity contribution in [3.8, 4) is 28.4 Å². The van der Waals surface area contributed by atoms with E-state index in [4.69, 9.17) is 9.47 Å². The number of ether oxygens (including phenoxy) is 2. The van der Waals surface area contributed by atoms with Crippen LogP contribution in [-0.2, 0) is 30.6 Å². The third-order valence-electron chi connectivity index (χ3n) is 6.80. The first-order valence-electron chi connectivity index (χ1n) is 12.0. The van der Waals surface area contributed by atoms with Crippen LogP contribution in [0.15, 0.2) is 66.7 Å². The summed E-state index contributed by atoms with van der Waals surface area (Å²) in [7, 11) is 0. The van der Waals surface area contributed by atoms with Crippen LogP contribution in [0.1, 0.15) is 28.8 Å². The first kappa shape index (κ1) is 22.3. The summed E-state index contributed by atoms with van der Waals surface area (Å²) in [6.07, 6.45) is 2.59. The molecule has 0 spiro atoms. The Hall–Kier alpha value is -4.13. The summed E-state index contributed by atoms with van der Waals surface area (Å²) in [6.45, 7) is 0.139. The van der Waals surface area contributed by atoms with E-state index in [1.54, 1.807) is 0 Å². The molecule has 1 N–H and O–H groups in total. The Bertz CT molecular complexity index is 1480. The van der Waals surface area contributed by atoms with Crippen molar-refractivity contribution in [2.75, 3.05) is 6.79 Å². The molecule has 0 unspecified atom stereocenters. The van der Waals surface area contributed by atoms with Crippen molar-refractivity contribution >= 4 is 5.91 Å². The van der Waals surface area contributed by atoms with Crippen molar-refractivity contribution < 1.29 is 23.0 Å². The van der Waals surface area contributed by atoms with Crippen molar-refractivity contribution in [3.63, 3.8) is 0 Å². The fraction of sp³-hybridized carbons (Fsp3) is 0.207. The van der Waals surface area contributed by atoms with E-state index in [0.29, 0.717) is 17.9 Å². The number of nitrogens with zero attached hydrogens (tertiary/aromatic N) is 1. The smallest absolute Gasteiger partial charge is 0.231 e. The van der Waals surface area contributed by atoms with Gasteiger partial charge in [-0.05, 0) is 66.8 Å². The zero-order chi connectivity index (χ0) is 24.6. The van der Waals surface area contributed by atoms with Crippen molar-refractivity contribution in [2.24, 2.45) is 0 Å². The molecule has 5 nitrogen and oxygen atoms in total. The van der Waals surface area contributed by atoms with Gasteiger partial charge in [0, 0.05) is 41.5 Å². The number of hydrogen-bond donors (Lipinski definition) is 1. The van der Waals surface area contributed by atoms with Crippen LogP contribution in [0.2, 0.25) is 0 Å². The Morgan fingerprint density at radius 2 is 1.75 bits per heavy atom. The summed E-state index contributed by atoms with van der Waals surface area (Å²) in [4.78, 5) is 12.7. The molecule has 1 aliphatic carbocycles. The van der Waals surface area contributed by atoms with Crippen LogP contribution in [0, 0.1) is 11.6 Å². The Morgan fingerprint density at radius 3 is 2.67 bits per heavy atom. The lowest BCUT2D eigenvalue weighted by atomic mass is 9.90. The Kier molecular flexibility index (Phi) is 5.68. The number of carbonyl (C=O) groups is 1. The highest BCUT2D eigenvalue weighted by Gasteiger charge is 2.25. The van der Waals surface area contributed by atoms with Crippen LogP contribution in [0.3, 0.4) is 0 Å². The van der Waals surface area contributed by atoms with Crippen molar-refractivity contribution in [1.82, 2.24) is 9.88 Å². The van der Waals surface area contributed by atoms with Gasteiger partial charge in [-0.3, -0.25) is 4.79 Å². The maximum Gasteiger partial charge on any atom is 0.231 e. The fourth-order valence-corrected chi connectivity index (χ4v) is 5.05. The Balaban J connectivity index is 1.29. The van der Waals surface area contributed by atoms with Crippen LogP contribution >= 0.6 is 0 Å². The van der Waals surface area contributed by atoms with Gasteiger partial charge in [0.2, 0.25) is 12.7 Å². The first-order chi connectivity index (χ1) is 17.6. The molecule has 2 heterocycles. The summed E-state index contributed by atoms with van der Waals surface area (Å²) in [5.74, 6) is 0.105. The third kappa shape index (κ3) is 4.11. The topological polar surface area (TPSA) is 52.5 Å². The Morgan fingerprint density at radius 1 is 0.917 bits per heavy atom. The standard InChI is InChI=1S/C29H24F2N2O3/c30-21-7-10-25(31)20(13-21)16-32-28(34)12-9-22-14-19-6-5-18-3-1-2-4-24(18)29(19)33(22)23-8-11-26-27(15-23)36-17-35-26/h1-4,7-8,10-11,13-15H,5-6,9,12,16-17H2,(H,32,34). The van der Waals surface area contributed by atoms with Crippen LogP contribution in [0.5, 0.6) is 11.5 Å². The zero-order valence-electron chi connectivity index (χ0n) is 19.5. The van der Waals surface area contributed by atoms with Crippen LogP contribution in [0.4, 0.5) is 8.78 Å². The van der Waals surface area contributed by atoms with E-state index in [1.165, 1.54) is 16.7 Å². The number of carbonyl (C=O) groups excluding carboxylic acids is 1. The maximum atomic E-state index is 13.9. The van der Waals surface area contributed by atoms with E-state index in [9.17, 15) is 13.6 Å². The molecule has 1 aliphatic heterocycles. The van der Waals surface area contributed by atoms with Crippen LogP contribution in [-0.4, -0.2) is 17.3 Å². The summed E-state index contributed by atoms with van der Waals surface area (Å²) < 4.78 is 40.7. The molecule has 0 saturated carbocycles. The molecular formula is C29H24F2N2O3. The number of amides is 1. The average Bonchev–Trinajstić information content (AvgIpc) is 3.52. The number of aryl methyl sites for hydroxylation is 3. The molecule has 1 aromatic heterocycles. The fourth-order valence-electron chi connectivity index (χ4n) is 5.05. The molecule has 1 amide bonds. The van der Waals surface area contributed by atoms with Gasteiger partial charge >= 0.3 is 0 Å². The van der Waals surface area contributed by atoms with Gasteiger partial charge in [-0.25, -0.2) is 8.78 Å². The molecule has 0 atom stereocenters. The minimum Gasteiger partial charge on any atom is -0.454 e. The van der Waals surface area contributed by atoms with Crippen LogP contribution < -0.4 is 14.8 Å². The lowest BCUT2D eigenvalue weighted by molar-refractivity contribution is -0.121. The summed E-state index contributed by atoms with van der Waals surface area (Å²) in [5, 5.41) is 2.72. The summed E-state index contributed by atoms with van der Waals surface area (Å²) >= 11 is 0. The third-order valence-corrected chi connectivity index (χ3v) is 6.80. The van der Waals surface area contributed by atoms with E-state index in [-0.39, 0.29) is 31.2 Å². The minimum atomic E-state index is -0.542. The number of halogens is 2. The number of fused-ring (bicyclic) bond motifs is 4. The van der Waals surface area contributed by atoms with E-state index in [2.05, 4.69) is 34.1 Å². The SMILES string of the molecule is O=C(CCc1cc2c(n1-c1ccc3c(c1)OCO3)-c1ccccc1CC2)NCc1cc(F)ccc1F. The second-order valence-corrected chi connectivity index (χ2v) is 9.05. The maximum absolute atomic E-state index is 13.9. The number of nitrogens with one attached hydrogen (secondary N) is 1.